The molecule has 2 aliphatic heterocycles. The first-order chi connectivity index (χ1) is 11.1. The molecule has 0 aliphatic carbocycles. The molecule has 0 radical (unpaired) electrons. The number of nitrogens with one attached hydrogen (secondary N) is 1. The Balaban J connectivity index is 1.42. The number of hydrogen-bond acceptors (Lipinski definition) is 4. The molecular weight excluding hydrogens is 296 g/mol. The third-order valence-corrected chi connectivity index (χ3v) is 5.20. The molecule has 1 amide bonds. The Hall–Kier alpha value is -1.89. The number of hydrogen-bond donors (Lipinski definition) is 2. The van der Waals surface area contributed by atoms with Crippen LogP contribution in [0.2, 0.25) is 0 Å². The number of aromatic nitrogens is 2. The molecule has 1 aromatic rings. The standard InChI is InChI=1S/C16H24N4O3/c21-14(2-1-6-19-9-5-17-12-19)20-7-3-16(4-8-20)10-13(15(22)23)18-11-16/h5,9,12-13,18H,1-4,6-8,10-11H2,(H,22,23)/t13-/m1/s1. The number of piperidine rings is 1. The van der Waals surface area contributed by atoms with Gasteiger partial charge in [-0.3, -0.25) is 9.59 Å². The van der Waals surface area contributed by atoms with Gasteiger partial charge < -0.3 is 19.9 Å². The van der Waals surface area contributed by atoms with Crippen molar-refractivity contribution in [2.45, 2.75) is 44.7 Å². The molecule has 3 heterocycles. The zero-order valence-corrected chi connectivity index (χ0v) is 13.3. The van der Waals surface area contributed by atoms with Gasteiger partial charge in [-0.2, -0.15) is 0 Å². The zero-order valence-electron chi connectivity index (χ0n) is 13.3. The van der Waals surface area contributed by atoms with Gasteiger partial charge >= 0.3 is 5.97 Å². The van der Waals surface area contributed by atoms with E-state index in [1.165, 1.54) is 0 Å². The van der Waals surface area contributed by atoms with Gasteiger partial charge in [-0.05, 0) is 31.1 Å². The van der Waals surface area contributed by atoms with Gasteiger partial charge in [0.05, 0.1) is 6.33 Å². The number of likely N-dealkylation sites (tertiary alicyclic amines) is 1. The molecule has 0 bridgehead atoms. The van der Waals surface area contributed by atoms with Gasteiger partial charge in [0.15, 0.2) is 0 Å². The summed E-state index contributed by atoms with van der Waals surface area (Å²) in [6, 6.07) is -0.424. The number of carboxylic acid groups (broad SMARTS) is 1. The highest BCUT2D eigenvalue weighted by atomic mass is 16.4. The molecule has 1 aromatic heterocycles. The second-order valence-corrected chi connectivity index (χ2v) is 6.76. The van der Waals surface area contributed by atoms with E-state index in [1.54, 1.807) is 12.5 Å². The normalized spacial score (nSPS) is 23.3. The summed E-state index contributed by atoms with van der Waals surface area (Å²) < 4.78 is 1.98. The lowest BCUT2D eigenvalue weighted by molar-refractivity contribution is -0.139. The lowest BCUT2D eigenvalue weighted by Crippen LogP contribution is -2.44. The largest absolute Gasteiger partial charge is 0.480 e. The predicted molar refractivity (Wildman–Crippen MR) is 83.8 cm³/mol. The van der Waals surface area contributed by atoms with Crippen molar-refractivity contribution in [3.05, 3.63) is 18.7 Å². The monoisotopic (exact) mass is 320 g/mol. The van der Waals surface area contributed by atoms with Crippen LogP contribution in [0, 0.1) is 5.41 Å². The van der Waals surface area contributed by atoms with Gasteiger partial charge in [0.25, 0.3) is 0 Å². The number of imidazole rings is 1. The lowest BCUT2D eigenvalue weighted by atomic mass is 9.76. The number of nitrogens with zero attached hydrogens (tertiary/aromatic N) is 3. The van der Waals surface area contributed by atoms with Crippen LogP contribution in [0.5, 0.6) is 0 Å². The molecule has 0 unspecified atom stereocenters. The van der Waals surface area contributed by atoms with Crippen LogP contribution in [-0.2, 0) is 16.1 Å². The molecular formula is C16H24N4O3. The Kier molecular flexibility index (Phi) is 4.66. The number of carboxylic acids is 1. The molecule has 0 aromatic carbocycles. The van der Waals surface area contributed by atoms with Crippen molar-refractivity contribution in [2.75, 3.05) is 19.6 Å². The van der Waals surface area contributed by atoms with E-state index in [-0.39, 0.29) is 11.3 Å². The lowest BCUT2D eigenvalue weighted by Gasteiger charge is -2.39. The van der Waals surface area contributed by atoms with Crippen LogP contribution >= 0.6 is 0 Å². The maximum atomic E-state index is 12.3. The number of aryl methyl sites for hydroxylation is 1. The molecule has 2 fully saturated rings. The SMILES string of the molecule is O=C(O)[C@H]1CC2(CCN(C(=O)CCCn3ccnc3)CC2)CN1. The fraction of sp³-hybridized carbons (Fsp3) is 0.688. The summed E-state index contributed by atoms with van der Waals surface area (Å²) in [6.07, 6.45) is 9.27. The summed E-state index contributed by atoms with van der Waals surface area (Å²) in [5.74, 6) is -0.555. The molecule has 2 N–H and O–H groups in total. The quantitative estimate of drug-likeness (QED) is 0.835. The van der Waals surface area contributed by atoms with E-state index >= 15 is 0 Å². The molecule has 1 atom stereocenters. The summed E-state index contributed by atoms with van der Waals surface area (Å²) in [6.45, 7) is 3.07. The zero-order chi connectivity index (χ0) is 16.3. The maximum absolute atomic E-state index is 12.3. The van der Waals surface area contributed by atoms with Crippen molar-refractivity contribution in [3.63, 3.8) is 0 Å². The highest BCUT2D eigenvalue weighted by molar-refractivity contribution is 5.76. The van der Waals surface area contributed by atoms with Crippen LogP contribution in [0.1, 0.15) is 32.1 Å². The average Bonchev–Trinajstić information content (AvgIpc) is 3.18. The van der Waals surface area contributed by atoms with Crippen LogP contribution in [0.4, 0.5) is 0 Å². The second-order valence-electron chi connectivity index (χ2n) is 6.76. The summed E-state index contributed by atoms with van der Waals surface area (Å²) in [7, 11) is 0. The predicted octanol–water partition coefficient (Wildman–Crippen LogP) is 0.719. The van der Waals surface area contributed by atoms with E-state index in [0.717, 1.165) is 45.4 Å². The number of carbonyl (C=O) groups excluding carboxylic acids is 1. The van der Waals surface area contributed by atoms with Gasteiger partial charge in [0.1, 0.15) is 6.04 Å². The minimum atomic E-state index is -0.764. The minimum absolute atomic E-state index is 0.0661. The number of carbonyl (C=O) groups is 2. The third-order valence-electron chi connectivity index (χ3n) is 5.20. The highest BCUT2D eigenvalue weighted by Gasteiger charge is 2.43. The third kappa shape index (κ3) is 3.72. The van der Waals surface area contributed by atoms with E-state index in [0.29, 0.717) is 12.8 Å². The molecule has 23 heavy (non-hydrogen) atoms. The first-order valence-corrected chi connectivity index (χ1v) is 8.28. The van der Waals surface area contributed by atoms with Crippen molar-refractivity contribution in [1.29, 1.82) is 0 Å². The molecule has 0 saturated carbocycles. The Labute approximate surface area is 135 Å². The Morgan fingerprint density at radius 2 is 2.13 bits per heavy atom. The van der Waals surface area contributed by atoms with Gasteiger partial charge in [-0.15, -0.1) is 0 Å². The first kappa shape index (κ1) is 16.0. The molecule has 126 valence electrons. The van der Waals surface area contributed by atoms with Crippen molar-refractivity contribution in [3.8, 4) is 0 Å². The molecule has 2 saturated heterocycles. The van der Waals surface area contributed by atoms with Crippen LogP contribution < -0.4 is 5.32 Å². The number of aliphatic carboxylic acids is 1. The second kappa shape index (κ2) is 6.70. The maximum Gasteiger partial charge on any atom is 0.320 e. The van der Waals surface area contributed by atoms with Gasteiger partial charge in [0, 0.05) is 45.0 Å². The molecule has 7 heteroatoms. The molecule has 7 nitrogen and oxygen atoms in total. The summed E-state index contributed by atoms with van der Waals surface area (Å²) in [4.78, 5) is 29.3. The number of rotatable bonds is 5. The van der Waals surface area contributed by atoms with E-state index in [2.05, 4.69) is 10.3 Å². The van der Waals surface area contributed by atoms with E-state index in [9.17, 15) is 9.59 Å². The Morgan fingerprint density at radius 3 is 2.74 bits per heavy atom. The average molecular weight is 320 g/mol. The van der Waals surface area contributed by atoms with E-state index < -0.39 is 12.0 Å². The molecule has 1 spiro atoms. The molecule has 2 aliphatic rings. The fourth-order valence-electron chi connectivity index (χ4n) is 3.69. The number of amides is 1. The van der Waals surface area contributed by atoms with Crippen LogP contribution in [0.25, 0.3) is 0 Å². The smallest absolute Gasteiger partial charge is 0.320 e. The fourth-order valence-corrected chi connectivity index (χ4v) is 3.69. The van der Waals surface area contributed by atoms with Gasteiger partial charge in [0.2, 0.25) is 5.91 Å². The van der Waals surface area contributed by atoms with Gasteiger partial charge in [-0.25, -0.2) is 4.98 Å². The van der Waals surface area contributed by atoms with Crippen molar-refractivity contribution in [2.24, 2.45) is 5.41 Å². The van der Waals surface area contributed by atoms with Crippen molar-refractivity contribution < 1.29 is 14.7 Å². The van der Waals surface area contributed by atoms with E-state index in [4.69, 9.17) is 5.11 Å². The summed E-state index contributed by atoms with van der Waals surface area (Å²) in [5.41, 5.74) is 0.0661. The van der Waals surface area contributed by atoms with Crippen molar-refractivity contribution >= 4 is 11.9 Å². The minimum Gasteiger partial charge on any atom is -0.480 e. The van der Waals surface area contributed by atoms with Crippen LogP contribution in [0.15, 0.2) is 18.7 Å². The van der Waals surface area contributed by atoms with Crippen molar-refractivity contribution in [1.82, 2.24) is 19.8 Å². The van der Waals surface area contributed by atoms with Gasteiger partial charge in [-0.1, -0.05) is 0 Å². The van der Waals surface area contributed by atoms with Crippen LogP contribution in [0.3, 0.4) is 0 Å². The highest BCUT2D eigenvalue weighted by Crippen LogP contribution is 2.39. The Morgan fingerprint density at radius 1 is 1.35 bits per heavy atom. The topological polar surface area (TPSA) is 87.5 Å². The molecule has 3 rings (SSSR count). The summed E-state index contributed by atoms with van der Waals surface area (Å²) >= 11 is 0. The Bertz CT molecular complexity index is 550. The van der Waals surface area contributed by atoms with E-state index in [1.807, 2.05) is 15.7 Å². The first-order valence-electron chi connectivity index (χ1n) is 8.28. The van der Waals surface area contributed by atoms with Crippen LogP contribution in [-0.4, -0.2) is 57.1 Å². The summed E-state index contributed by atoms with van der Waals surface area (Å²) in [5, 5.41) is 12.2.